The summed E-state index contributed by atoms with van der Waals surface area (Å²) in [5.74, 6) is 0. The second-order valence-electron chi connectivity index (χ2n) is 7.67. The SMILES string of the molecule is c1ccc2c(CCCc3ccc(Nc4ccnc5c4CCC5)cc3)c[nH]c2c1. The van der Waals surface area contributed by atoms with E-state index in [2.05, 4.69) is 76.1 Å². The summed E-state index contributed by atoms with van der Waals surface area (Å²) in [6, 6.07) is 19.5. The Morgan fingerprint density at radius 3 is 2.75 bits per heavy atom. The topological polar surface area (TPSA) is 40.7 Å². The van der Waals surface area contributed by atoms with Crippen LogP contribution in [-0.2, 0) is 25.7 Å². The molecule has 0 saturated carbocycles. The summed E-state index contributed by atoms with van der Waals surface area (Å²) < 4.78 is 0. The molecular formula is C25H25N3. The van der Waals surface area contributed by atoms with Crippen LogP contribution in [-0.4, -0.2) is 9.97 Å². The Labute approximate surface area is 165 Å². The zero-order valence-corrected chi connectivity index (χ0v) is 16.0. The van der Waals surface area contributed by atoms with Gasteiger partial charge in [0, 0.05) is 40.4 Å². The van der Waals surface area contributed by atoms with Crippen LogP contribution >= 0.6 is 0 Å². The number of nitrogens with one attached hydrogen (secondary N) is 2. The molecule has 0 aliphatic heterocycles. The molecule has 0 radical (unpaired) electrons. The van der Waals surface area contributed by atoms with E-state index < -0.39 is 0 Å². The van der Waals surface area contributed by atoms with E-state index in [9.17, 15) is 0 Å². The van der Waals surface area contributed by atoms with E-state index in [-0.39, 0.29) is 0 Å². The van der Waals surface area contributed by atoms with Gasteiger partial charge in [0.2, 0.25) is 0 Å². The van der Waals surface area contributed by atoms with Gasteiger partial charge in [0.1, 0.15) is 0 Å². The minimum atomic E-state index is 1.10. The number of aromatic amines is 1. The number of pyridine rings is 1. The van der Waals surface area contributed by atoms with Crippen molar-refractivity contribution in [1.29, 1.82) is 0 Å². The number of hydrogen-bond acceptors (Lipinski definition) is 2. The molecule has 0 atom stereocenters. The summed E-state index contributed by atoms with van der Waals surface area (Å²) in [5, 5.41) is 4.94. The van der Waals surface area contributed by atoms with Crippen molar-refractivity contribution in [2.75, 3.05) is 5.32 Å². The van der Waals surface area contributed by atoms with Crippen LogP contribution in [0, 0.1) is 0 Å². The van der Waals surface area contributed by atoms with Gasteiger partial charge in [0.15, 0.2) is 0 Å². The number of para-hydroxylation sites is 1. The van der Waals surface area contributed by atoms with Crippen molar-refractivity contribution < 1.29 is 0 Å². The maximum Gasteiger partial charge on any atom is 0.0456 e. The molecule has 28 heavy (non-hydrogen) atoms. The molecule has 0 unspecified atom stereocenters. The first-order valence-corrected chi connectivity index (χ1v) is 10.2. The van der Waals surface area contributed by atoms with E-state index in [1.807, 2.05) is 6.20 Å². The number of hydrogen-bond donors (Lipinski definition) is 2. The summed E-state index contributed by atoms with van der Waals surface area (Å²) in [5.41, 5.74) is 9.07. The van der Waals surface area contributed by atoms with Gasteiger partial charge in [-0.15, -0.1) is 0 Å². The first kappa shape index (κ1) is 17.1. The average molecular weight is 367 g/mol. The third kappa shape index (κ3) is 3.40. The molecule has 0 fully saturated rings. The largest absolute Gasteiger partial charge is 0.361 e. The van der Waals surface area contributed by atoms with Crippen molar-refractivity contribution in [2.24, 2.45) is 0 Å². The number of nitrogens with zero attached hydrogens (tertiary/aromatic N) is 1. The number of aryl methyl sites for hydroxylation is 3. The van der Waals surface area contributed by atoms with E-state index >= 15 is 0 Å². The third-order valence-electron chi connectivity index (χ3n) is 5.80. The Morgan fingerprint density at radius 1 is 0.929 bits per heavy atom. The highest BCUT2D eigenvalue weighted by Crippen LogP contribution is 2.29. The van der Waals surface area contributed by atoms with Gasteiger partial charge in [0.05, 0.1) is 0 Å². The van der Waals surface area contributed by atoms with Gasteiger partial charge in [-0.25, -0.2) is 0 Å². The fourth-order valence-electron chi connectivity index (χ4n) is 4.31. The summed E-state index contributed by atoms with van der Waals surface area (Å²) in [4.78, 5) is 7.88. The van der Waals surface area contributed by atoms with Crippen molar-refractivity contribution in [3.63, 3.8) is 0 Å². The maximum atomic E-state index is 4.51. The van der Waals surface area contributed by atoms with Gasteiger partial charge in [-0.1, -0.05) is 30.3 Å². The number of anilines is 2. The molecule has 0 saturated heterocycles. The zero-order chi connectivity index (χ0) is 18.8. The van der Waals surface area contributed by atoms with Crippen molar-refractivity contribution >= 4 is 22.3 Å². The van der Waals surface area contributed by atoms with E-state index in [1.165, 1.54) is 45.4 Å². The lowest BCUT2D eigenvalue weighted by Crippen LogP contribution is -1.97. The number of fused-ring (bicyclic) bond motifs is 2. The summed E-state index contributed by atoms with van der Waals surface area (Å²) >= 11 is 0. The molecular weight excluding hydrogens is 342 g/mol. The molecule has 2 aromatic carbocycles. The van der Waals surface area contributed by atoms with Crippen LogP contribution in [0.2, 0.25) is 0 Å². The highest BCUT2D eigenvalue weighted by atomic mass is 14.9. The summed E-state index contributed by atoms with van der Waals surface area (Å²) in [6.07, 6.45) is 10.9. The lowest BCUT2D eigenvalue weighted by atomic mass is 10.0. The van der Waals surface area contributed by atoms with Crippen LogP contribution in [0.15, 0.2) is 67.0 Å². The third-order valence-corrected chi connectivity index (χ3v) is 5.80. The maximum absolute atomic E-state index is 4.51. The number of rotatable bonds is 6. The van der Waals surface area contributed by atoms with Gasteiger partial charge >= 0.3 is 0 Å². The van der Waals surface area contributed by atoms with Crippen LogP contribution in [0.25, 0.3) is 10.9 Å². The smallest absolute Gasteiger partial charge is 0.0456 e. The van der Waals surface area contributed by atoms with Gasteiger partial charge in [0.25, 0.3) is 0 Å². The molecule has 1 aliphatic rings. The predicted molar refractivity (Wildman–Crippen MR) is 116 cm³/mol. The van der Waals surface area contributed by atoms with Gasteiger partial charge in [-0.2, -0.15) is 0 Å². The van der Waals surface area contributed by atoms with E-state index in [1.54, 1.807) is 0 Å². The molecule has 4 aromatic rings. The second kappa shape index (κ2) is 7.51. The molecule has 140 valence electrons. The van der Waals surface area contributed by atoms with Crippen molar-refractivity contribution in [1.82, 2.24) is 9.97 Å². The second-order valence-corrected chi connectivity index (χ2v) is 7.67. The lowest BCUT2D eigenvalue weighted by molar-refractivity contribution is 0.825. The molecule has 0 amide bonds. The van der Waals surface area contributed by atoms with Crippen molar-refractivity contribution in [3.8, 4) is 0 Å². The van der Waals surface area contributed by atoms with Crippen LogP contribution in [0.1, 0.15) is 35.2 Å². The van der Waals surface area contributed by atoms with Gasteiger partial charge in [-0.3, -0.25) is 4.98 Å². The quantitative estimate of drug-likeness (QED) is 0.441. The first-order valence-electron chi connectivity index (χ1n) is 10.2. The van der Waals surface area contributed by atoms with E-state index in [4.69, 9.17) is 0 Å². The fourth-order valence-corrected chi connectivity index (χ4v) is 4.31. The molecule has 3 heteroatoms. The van der Waals surface area contributed by atoms with E-state index in [0.717, 1.165) is 37.8 Å². The highest BCUT2D eigenvalue weighted by molar-refractivity contribution is 5.83. The molecule has 0 spiro atoms. The zero-order valence-electron chi connectivity index (χ0n) is 16.0. The van der Waals surface area contributed by atoms with Crippen molar-refractivity contribution in [3.05, 3.63) is 89.4 Å². The molecule has 5 rings (SSSR count). The normalized spacial score (nSPS) is 13.0. The van der Waals surface area contributed by atoms with Gasteiger partial charge in [-0.05, 0) is 79.5 Å². The highest BCUT2D eigenvalue weighted by Gasteiger charge is 2.15. The molecule has 2 N–H and O–H groups in total. The molecule has 1 aliphatic carbocycles. The number of aromatic nitrogens is 2. The Kier molecular flexibility index (Phi) is 4.58. The average Bonchev–Trinajstić information content (AvgIpc) is 3.37. The Bertz CT molecular complexity index is 1090. The minimum absolute atomic E-state index is 1.10. The van der Waals surface area contributed by atoms with E-state index in [0.29, 0.717) is 0 Å². The van der Waals surface area contributed by atoms with Crippen LogP contribution in [0.5, 0.6) is 0 Å². The molecule has 0 bridgehead atoms. The minimum Gasteiger partial charge on any atom is -0.361 e. The fraction of sp³-hybridized carbons (Fsp3) is 0.240. The number of H-pyrrole nitrogens is 1. The van der Waals surface area contributed by atoms with Crippen LogP contribution in [0.4, 0.5) is 11.4 Å². The summed E-state index contributed by atoms with van der Waals surface area (Å²) in [6.45, 7) is 0. The Hall–Kier alpha value is -3.07. The molecule has 2 heterocycles. The van der Waals surface area contributed by atoms with Gasteiger partial charge < -0.3 is 10.3 Å². The van der Waals surface area contributed by atoms with Crippen molar-refractivity contribution in [2.45, 2.75) is 38.5 Å². The standard InChI is InChI=1S/C25H25N3/c1-2-9-23-21(7-1)19(17-27-23)6-3-5-18-11-13-20(14-12-18)28-25-15-16-26-24-10-4-8-22(24)25/h1-2,7,9,11-17,27H,3-6,8,10H2,(H,26,28). The lowest BCUT2D eigenvalue weighted by Gasteiger charge is -2.11. The summed E-state index contributed by atoms with van der Waals surface area (Å²) in [7, 11) is 0. The Morgan fingerprint density at radius 2 is 1.82 bits per heavy atom. The molecule has 3 nitrogen and oxygen atoms in total. The van der Waals surface area contributed by atoms with Crippen LogP contribution < -0.4 is 5.32 Å². The van der Waals surface area contributed by atoms with Crippen LogP contribution in [0.3, 0.4) is 0 Å². The molecule has 2 aromatic heterocycles. The first-order chi connectivity index (χ1) is 13.9. The number of benzene rings is 2. The monoisotopic (exact) mass is 367 g/mol. The predicted octanol–water partition coefficient (Wildman–Crippen LogP) is 5.97. The Balaban J connectivity index is 1.21.